The number of benzene rings is 1. The van der Waals surface area contributed by atoms with Gasteiger partial charge < -0.3 is 39.4 Å². The molecule has 2 atom stereocenters. The summed E-state index contributed by atoms with van der Waals surface area (Å²) in [5.74, 6) is 2.31. The molecule has 3 amide bonds. The highest BCUT2D eigenvalue weighted by molar-refractivity contribution is 5.95. The molecule has 1 saturated carbocycles. The number of oxazole rings is 1. The normalized spacial score (nSPS) is 18.3. The number of fused-ring (bicyclic) bond motifs is 1. The number of ether oxygens (including phenoxy) is 2. The Bertz CT molecular complexity index is 1740. The molecule has 52 heavy (non-hydrogen) atoms. The summed E-state index contributed by atoms with van der Waals surface area (Å²) in [6.45, 7) is 11.9. The van der Waals surface area contributed by atoms with E-state index in [1.807, 2.05) is 36.9 Å². The van der Waals surface area contributed by atoms with E-state index < -0.39 is 23.8 Å². The van der Waals surface area contributed by atoms with Crippen molar-refractivity contribution in [3.8, 4) is 5.75 Å². The number of anilines is 2. The fourth-order valence-electron chi connectivity index (χ4n) is 6.64. The Morgan fingerprint density at radius 2 is 1.85 bits per heavy atom. The van der Waals surface area contributed by atoms with E-state index in [-0.39, 0.29) is 31.5 Å². The average Bonchev–Trinajstić information content (AvgIpc) is 3.53. The summed E-state index contributed by atoms with van der Waals surface area (Å²) < 4.78 is 17.1. The fourth-order valence-corrected chi connectivity index (χ4v) is 6.64. The van der Waals surface area contributed by atoms with Gasteiger partial charge in [0.1, 0.15) is 29.6 Å². The highest BCUT2D eigenvalue weighted by atomic mass is 16.6. The monoisotopic (exact) mass is 717 g/mol. The zero-order chi connectivity index (χ0) is 37.0. The largest absolute Gasteiger partial charge is 0.486 e. The molecule has 0 bridgehead atoms. The SMILES string of the molecule is CCC(=O)N1CCN(c2cc(C(=O)NC[C@@H](O)[C@@H]3Cc4ccc(OCc5ocnc5C)cc4CN3C(=O)OC(C)(C)C)cc(NC3CCC3)n2)CC1. The number of hydrogen-bond donors (Lipinski definition) is 3. The second kappa shape index (κ2) is 15.8. The van der Waals surface area contributed by atoms with Gasteiger partial charge in [0, 0.05) is 57.3 Å². The van der Waals surface area contributed by atoms with Crippen LogP contribution in [-0.4, -0.2) is 99.3 Å². The lowest BCUT2D eigenvalue weighted by Crippen LogP contribution is -2.54. The molecular formula is C38H51N7O7. The predicted octanol–water partition coefficient (Wildman–Crippen LogP) is 4.43. The number of pyridine rings is 1. The summed E-state index contributed by atoms with van der Waals surface area (Å²) in [7, 11) is 0. The molecule has 1 saturated heterocycles. The van der Waals surface area contributed by atoms with Crippen LogP contribution in [-0.2, 0) is 29.1 Å². The van der Waals surface area contributed by atoms with Gasteiger partial charge in [-0.2, -0.15) is 0 Å². The van der Waals surface area contributed by atoms with E-state index in [0.717, 1.165) is 36.1 Å². The van der Waals surface area contributed by atoms with Crippen LogP contribution >= 0.6 is 0 Å². The number of rotatable bonds is 11. The van der Waals surface area contributed by atoms with Crippen LogP contribution in [0.1, 0.15) is 86.3 Å². The van der Waals surface area contributed by atoms with Crippen molar-refractivity contribution in [3.05, 3.63) is 64.9 Å². The van der Waals surface area contributed by atoms with Crippen LogP contribution in [0.4, 0.5) is 16.4 Å². The lowest BCUT2D eigenvalue weighted by molar-refractivity contribution is -0.131. The highest BCUT2D eigenvalue weighted by Gasteiger charge is 2.37. The number of hydrogen-bond acceptors (Lipinski definition) is 11. The number of aliphatic hydroxyl groups excluding tert-OH is 1. The van der Waals surface area contributed by atoms with E-state index in [1.165, 1.54) is 11.3 Å². The molecule has 3 aromatic rings. The van der Waals surface area contributed by atoms with Crippen molar-refractivity contribution in [2.24, 2.45) is 0 Å². The minimum atomic E-state index is -1.09. The summed E-state index contributed by atoms with van der Waals surface area (Å²) in [5, 5.41) is 18.0. The number of amides is 3. The molecule has 0 unspecified atom stereocenters. The summed E-state index contributed by atoms with van der Waals surface area (Å²) in [5.41, 5.74) is 2.26. The zero-order valence-corrected chi connectivity index (χ0v) is 30.8. The lowest BCUT2D eigenvalue weighted by Gasteiger charge is -2.40. The molecule has 3 aliphatic rings. The molecule has 1 aliphatic carbocycles. The first-order valence-electron chi connectivity index (χ1n) is 18.3. The predicted molar refractivity (Wildman–Crippen MR) is 194 cm³/mol. The van der Waals surface area contributed by atoms with Crippen LogP contribution in [0.5, 0.6) is 5.75 Å². The van der Waals surface area contributed by atoms with Gasteiger partial charge in [0.05, 0.1) is 17.8 Å². The average molecular weight is 718 g/mol. The van der Waals surface area contributed by atoms with Gasteiger partial charge in [-0.25, -0.2) is 14.8 Å². The second-order valence-electron chi connectivity index (χ2n) is 14.8. The van der Waals surface area contributed by atoms with Crippen molar-refractivity contribution in [1.29, 1.82) is 0 Å². The molecule has 4 heterocycles. The lowest BCUT2D eigenvalue weighted by atomic mass is 9.91. The molecular weight excluding hydrogens is 666 g/mol. The van der Waals surface area contributed by atoms with Crippen LogP contribution in [0.2, 0.25) is 0 Å². The van der Waals surface area contributed by atoms with Crippen LogP contribution in [0.15, 0.2) is 41.1 Å². The van der Waals surface area contributed by atoms with Gasteiger partial charge >= 0.3 is 6.09 Å². The second-order valence-corrected chi connectivity index (χ2v) is 14.8. The minimum Gasteiger partial charge on any atom is -0.486 e. The van der Waals surface area contributed by atoms with E-state index >= 15 is 0 Å². The van der Waals surface area contributed by atoms with Crippen LogP contribution in [0, 0.1) is 6.92 Å². The van der Waals surface area contributed by atoms with Crippen molar-refractivity contribution < 1.29 is 33.4 Å². The first-order chi connectivity index (χ1) is 24.9. The van der Waals surface area contributed by atoms with E-state index in [2.05, 4.69) is 20.5 Å². The number of aryl methyl sites for hydroxylation is 1. The molecule has 0 spiro atoms. The van der Waals surface area contributed by atoms with E-state index in [0.29, 0.717) is 73.8 Å². The maximum atomic E-state index is 13.7. The Hall–Kier alpha value is -4.85. The van der Waals surface area contributed by atoms with Gasteiger partial charge in [0.15, 0.2) is 12.2 Å². The van der Waals surface area contributed by atoms with E-state index in [4.69, 9.17) is 18.9 Å². The number of aromatic nitrogens is 2. The zero-order valence-electron chi connectivity index (χ0n) is 30.8. The molecule has 14 nitrogen and oxygen atoms in total. The number of nitrogens with one attached hydrogen (secondary N) is 2. The maximum absolute atomic E-state index is 13.7. The Morgan fingerprint density at radius 1 is 1.08 bits per heavy atom. The third-order valence-electron chi connectivity index (χ3n) is 9.90. The molecule has 2 aromatic heterocycles. The quantitative estimate of drug-likeness (QED) is 0.257. The van der Waals surface area contributed by atoms with Crippen molar-refractivity contribution >= 4 is 29.5 Å². The van der Waals surface area contributed by atoms with E-state index in [1.54, 1.807) is 32.9 Å². The summed E-state index contributed by atoms with van der Waals surface area (Å²) >= 11 is 0. The summed E-state index contributed by atoms with van der Waals surface area (Å²) in [4.78, 5) is 53.9. The number of aliphatic hydroxyl groups is 1. The number of piperazine rings is 1. The van der Waals surface area contributed by atoms with Crippen molar-refractivity contribution in [1.82, 2.24) is 25.1 Å². The standard InChI is InChI=1S/C38H51N7O7/c1-6-35(47)44-14-12-43(13-15-44)34-19-26(18-33(42-34)41-28-8-7-9-28)36(48)39-20-31(46)30-17-25-10-11-29(50-22-32-24(2)40-23-51-32)16-27(25)21-45(30)37(49)52-38(3,4)5/h10-11,16,18-19,23,28,30-31,46H,6-9,12-15,17,20-22H2,1-5H3,(H,39,48)(H,41,42)/t30-,31+/m0/s1. The van der Waals surface area contributed by atoms with Gasteiger partial charge in [-0.3, -0.25) is 14.5 Å². The van der Waals surface area contributed by atoms with Gasteiger partial charge in [-0.1, -0.05) is 13.0 Å². The minimum absolute atomic E-state index is 0.0866. The molecule has 14 heteroatoms. The van der Waals surface area contributed by atoms with Gasteiger partial charge in [-0.05, 0) is 88.8 Å². The Kier molecular flexibility index (Phi) is 11.2. The molecule has 280 valence electrons. The third-order valence-corrected chi connectivity index (χ3v) is 9.90. The van der Waals surface area contributed by atoms with Crippen molar-refractivity contribution in [2.45, 2.75) is 104 Å². The van der Waals surface area contributed by atoms with Gasteiger partial charge in [0.2, 0.25) is 5.91 Å². The number of carbonyl (C=O) groups is 3. The Balaban J connectivity index is 1.16. The summed E-state index contributed by atoms with van der Waals surface area (Å²) in [6.07, 6.45) is 3.82. The smallest absolute Gasteiger partial charge is 0.410 e. The molecule has 0 radical (unpaired) electrons. The van der Waals surface area contributed by atoms with Gasteiger partial charge in [-0.15, -0.1) is 0 Å². The van der Waals surface area contributed by atoms with Crippen LogP contribution in [0.25, 0.3) is 0 Å². The molecule has 3 N–H and O–H groups in total. The van der Waals surface area contributed by atoms with E-state index in [9.17, 15) is 19.5 Å². The third kappa shape index (κ3) is 8.95. The van der Waals surface area contributed by atoms with Crippen LogP contribution in [0.3, 0.4) is 0 Å². The topological polar surface area (TPSA) is 163 Å². The molecule has 1 aromatic carbocycles. The first kappa shape index (κ1) is 36.9. The van der Waals surface area contributed by atoms with Crippen molar-refractivity contribution in [3.63, 3.8) is 0 Å². The fraction of sp³-hybridized carbons (Fsp3) is 0.553. The Labute approximate surface area is 304 Å². The Morgan fingerprint density at radius 3 is 2.50 bits per heavy atom. The molecule has 6 rings (SSSR count). The summed E-state index contributed by atoms with van der Waals surface area (Å²) in [6, 6.07) is 8.85. The number of nitrogens with zero attached hydrogens (tertiary/aromatic N) is 5. The van der Waals surface area contributed by atoms with Crippen molar-refractivity contribution in [2.75, 3.05) is 42.9 Å². The maximum Gasteiger partial charge on any atom is 0.410 e. The number of carbonyl (C=O) groups excluding carboxylic acids is 3. The van der Waals surface area contributed by atoms with Gasteiger partial charge in [0.25, 0.3) is 5.91 Å². The first-order valence-corrected chi connectivity index (χ1v) is 18.3. The molecule has 2 aliphatic heterocycles. The van der Waals surface area contributed by atoms with Crippen LogP contribution < -0.4 is 20.3 Å². The highest BCUT2D eigenvalue weighted by Crippen LogP contribution is 2.31. The molecule has 2 fully saturated rings.